The maximum Gasteiger partial charge on any atom is 0.326 e. The molecule has 11 heteroatoms. The number of aromatic nitrogens is 2. The van der Waals surface area contributed by atoms with Crippen molar-refractivity contribution in [2.45, 2.75) is 25.3 Å². The van der Waals surface area contributed by atoms with Crippen LogP contribution < -0.4 is 27.4 Å². The van der Waals surface area contributed by atoms with Crippen LogP contribution in [0.2, 0.25) is 5.02 Å². The van der Waals surface area contributed by atoms with E-state index in [0.29, 0.717) is 40.1 Å². The Morgan fingerprint density at radius 1 is 0.972 bits per heavy atom. The van der Waals surface area contributed by atoms with E-state index in [0.717, 1.165) is 28.7 Å². The highest BCUT2D eigenvalue weighted by Gasteiger charge is 2.13. The Bertz CT molecular complexity index is 1340. The predicted molar refractivity (Wildman–Crippen MR) is 146 cm³/mol. The van der Waals surface area contributed by atoms with Crippen molar-refractivity contribution in [1.82, 2.24) is 9.97 Å². The summed E-state index contributed by atoms with van der Waals surface area (Å²) in [6, 6.07) is 15.4. The zero-order chi connectivity index (χ0) is 25.5. The van der Waals surface area contributed by atoms with Gasteiger partial charge in [-0.2, -0.15) is 0 Å². The third-order valence-corrected chi connectivity index (χ3v) is 6.63. The van der Waals surface area contributed by atoms with E-state index in [1.165, 1.54) is 11.3 Å². The van der Waals surface area contributed by atoms with Crippen molar-refractivity contribution < 1.29 is 9.59 Å². The van der Waals surface area contributed by atoms with Gasteiger partial charge in [-0.05, 0) is 61.3 Å². The predicted octanol–water partition coefficient (Wildman–Crippen LogP) is 5.05. The molecule has 0 aliphatic carbocycles. The number of carbonyl (C=O) groups excluding carboxylic acids is 2. The lowest BCUT2D eigenvalue weighted by atomic mass is 10.1. The van der Waals surface area contributed by atoms with Crippen LogP contribution in [0.3, 0.4) is 0 Å². The van der Waals surface area contributed by atoms with Crippen LogP contribution in [0, 0.1) is 0 Å². The molecule has 2 heterocycles. The van der Waals surface area contributed by atoms with Gasteiger partial charge in [-0.25, -0.2) is 14.8 Å². The number of hydrogen-bond donors (Lipinski definition) is 5. The molecule has 3 amide bonds. The van der Waals surface area contributed by atoms with E-state index in [1.807, 2.05) is 42.5 Å². The Morgan fingerprint density at radius 2 is 1.75 bits per heavy atom. The van der Waals surface area contributed by atoms with Gasteiger partial charge in [0.25, 0.3) is 0 Å². The molecule has 2 aromatic heterocycles. The third-order valence-electron chi connectivity index (χ3n) is 5.39. The van der Waals surface area contributed by atoms with E-state index in [1.54, 1.807) is 18.3 Å². The fourth-order valence-electron chi connectivity index (χ4n) is 3.47. The lowest BCUT2D eigenvalue weighted by molar-refractivity contribution is -0.117. The van der Waals surface area contributed by atoms with Gasteiger partial charge in [0.1, 0.15) is 11.3 Å². The van der Waals surface area contributed by atoms with Crippen LogP contribution in [-0.2, 0) is 4.79 Å². The first-order valence-electron chi connectivity index (χ1n) is 11.4. The molecule has 9 nitrogen and oxygen atoms in total. The first-order chi connectivity index (χ1) is 17.4. The number of rotatable bonds is 9. The topological polar surface area (TPSA) is 148 Å². The molecule has 0 saturated carbocycles. The summed E-state index contributed by atoms with van der Waals surface area (Å²) >= 11 is 7.48. The summed E-state index contributed by atoms with van der Waals surface area (Å²) in [5.41, 5.74) is 14.5. The number of thiazole rings is 1. The second kappa shape index (κ2) is 11.9. The SMILES string of the molecule is NCCCCC(N)C(=O)Nc1ccc(-c2ccc(NC(=O)Nc3nc4c(Cl)cccc4s3)nc2)cc1. The van der Waals surface area contributed by atoms with Crippen LogP contribution >= 0.6 is 22.9 Å². The number of hydrogen-bond acceptors (Lipinski definition) is 7. The maximum atomic E-state index is 12.4. The number of nitrogens with two attached hydrogens (primary N) is 2. The molecule has 4 aromatic rings. The van der Waals surface area contributed by atoms with E-state index in [2.05, 4.69) is 25.9 Å². The van der Waals surface area contributed by atoms with Crippen LogP contribution in [0.4, 0.5) is 21.4 Å². The number of amides is 3. The second-order valence-electron chi connectivity index (χ2n) is 8.07. The third kappa shape index (κ3) is 6.55. The van der Waals surface area contributed by atoms with Gasteiger partial charge < -0.3 is 16.8 Å². The Labute approximate surface area is 217 Å². The molecule has 1 atom stereocenters. The van der Waals surface area contributed by atoms with E-state index in [4.69, 9.17) is 23.1 Å². The molecule has 4 rings (SSSR count). The Kier molecular flexibility index (Phi) is 8.44. The highest BCUT2D eigenvalue weighted by molar-refractivity contribution is 7.22. The minimum Gasteiger partial charge on any atom is -0.330 e. The lowest BCUT2D eigenvalue weighted by Crippen LogP contribution is -2.35. The van der Waals surface area contributed by atoms with Crippen molar-refractivity contribution in [2.24, 2.45) is 11.5 Å². The summed E-state index contributed by atoms with van der Waals surface area (Å²) in [5, 5.41) is 9.21. The molecule has 0 fully saturated rings. The first-order valence-corrected chi connectivity index (χ1v) is 12.6. The number of pyridine rings is 1. The van der Waals surface area contributed by atoms with Gasteiger partial charge in [0.15, 0.2) is 5.13 Å². The number of para-hydroxylation sites is 1. The number of benzene rings is 2. The normalized spacial score (nSPS) is 11.8. The smallest absolute Gasteiger partial charge is 0.326 e. The number of unbranched alkanes of at least 4 members (excludes halogenated alkanes) is 1. The molecule has 0 aliphatic rings. The molecule has 0 aliphatic heterocycles. The molecule has 7 N–H and O–H groups in total. The number of anilines is 3. The standard InChI is InChI=1S/C25H26ClN7O2S/c26-18-4-3-6-20-22(18)32-25(36-20)33-24(35)31-21-12-9-16(14-29-21)15-7-10-17(11-8-15)30-23(34)19(28)5-1-2-13-27/h3-4,6-12,14,19H,1-2,5,13,27-28H2,(H,30,34)(H2,29,31,32,33,35). The summed E-state index contributed by atoms with van der Waals surface area (Å²) in [7, 11) is 0. The van der Waals surface area contributed by atoms with Crippen molar-refractivity contribution in [1.29, 1.82) is 0 Å². The number of halogens is 1. The minimum atomic E-state index is -0.565. The van der Waals surface area contributed by atoms with Gasteiger partial charge in [0.2, 0.25) is 5.91 Å². The van der Waals surface area contributed by atoms with E-state index < -0.39 is 12.1 Å². The average Bonchev–Trinajstić information content (AvgIpc) is 3.29. The molecular formula is C25H26ClN7O2S. The van der Waals surface area contributed by atoms with E-state index in [9.17, 15) is 9.59 Å². The van der Waals surface area contributed by atoms with Gasteiger partial charge >= 0.3 is 6.03 Å². The largest absolute Gasteiger partial charge is 0.330 e. The minimum absolute atomic E-state index is 0.218. The molecule has 0 saturated heterocycles. The van der Waals surface area contributed by atoms with Crippen LogP contribution in [0.5, 0.6) is 0 Å². The maximum absolute atomic E-state index is 12.4. The zero-order valence-electron chi connectivity index (χ0n) is 19.3. The quantitative estimate of drug-likeness (QED) is 0.194. The molecule has 0 bridgehead atoms. The number of nitrogens with one attached hydrogen (secondary N) is 3. The van der Waals surface area contributed by atoms with Crippen molar-refractivity contribution >= 4 is 61.7 Å². The molecular weight excluding hydrogens is 498 g/mol. The zero-order valence-corrected chi connectivity index (χ0v) is 20.9. The molecule has 1 unspecified atom stereocenters. The highest BCUT2D eigenvalue weighted by atomic mass is 35.5. The van der Waals surface area contributed by atoms with Gasteiger partial charge in [-0.3, -0.25) is 15.4 Å². The summed E-state index contributed by atoms with van der Waals surface area (Å²) < 4.78 is 0.885. The van der Waals surface area contributed by atoms with Gasteiger partial charge in [0, 0.05) is 17.4 Å². The number of urea groups is 1. The fraction of sp³-hybridized carbons (Fsp3) is 0.200. The Balaban J connectivity index is 1.31. The molecule has 0 spiro atoms. The van der Waals surface area contributed by atoms with Crippen LogP contribution in [-0.4, -0.2) is 34.5 Å². The van der Waals surface area contributed by atoms with Gasteiger partial charge in [0.05, 0.1) is 15.8 Å². The average molecular weight is 524 g/mol. The summed E-state index contributed by atoms with van der Waals surface area (Å²) in [4.78, 5) is 33.3. The van der Waals surface area contributed by atoms with Crippen LogP contribution in [0.15, 0.2) is 60.8 Å². The Morgan fingerprint density at radius 3 is 2.44 bits per heavy atom. The fourth-order valence-corrected chi connectivity index (χ4v) is 4.63. The molecule has 0 radical (unpaired) electrons. The number of carbonyl (C=O) groups is 2. The van der Waals surface area contributed by atoms with Crippen molar-refractivity contribution in [2.75, 3.05) is 22.5 Å². The lowest BCUT2D eigenvalue weighted by Gasteiger charge is -2.12. The monoisotopic (exact) mass is 523 g/mol. The second-order valence-corrected chi connectivity index (χ2v) is 9.51. The molecule has 36 heavy (non-hydrogen) atoms. The molecule has 2 aromatic carbocycles. The van der Waals surface area contributed by atoms with Gasteiger partial charge in [-0.15, -0.1) is 0 Å². The van der Waals surface area contributed by atoms with Crippen molar-refractivity contribution in [3.63, 3.8) is 0 Å². The number of nitrogens with zero attached hydrogens (tertiary/aromatic N) is 2. The first kappa shape index (κ1) is 25.5. The molecule has 186 valence electrons. The summed E-state index contributed by atoms with van der Waals surface area (Å²) in [6.07, 6.45) is 3.93. The summed E-state index contributed by atoms with van der Waals surface area (Å²) in [5.74, 6) is 0.173. The van der Waals surface area contributed by atoms with Crippen molar-refractivity contribution in [3.8, 4) is 11.1 Å². The van der Waals surface area contributed by atoms with E-state index in [-0.39, 0.29) is 5.91 Å². The van der Waals surface area contributed by atoms with E-state index >= 15 is 0 Å². The Hall–Kier alpha value is -3.57. The highest BCUT2D eigenvalue weighted by Crippen LogP contribution is 2.30. The van der Waals surface area contributed by atoms with Crippen LogP contribution in [0.1, 0.15) is 19.3 Å². The van der Waals surface area contributed by atoms with Gasteiger partial charge in [-0.1, -0.05) is 47.6 Å². The van der Waals surface area contributed by atoms with Crippen molar-refractivity contribution in [3.05, 3.63) is 65.8 Å². The van der Waals surface area contributed by atoms with Crippen LogP contribution in [0.25, 0.3) is 21.3 Å². The number of fused-ring (bicyclic) bond motifs is 1. The summed E-state index contributed by atoms with van der Waals surface area (Å²) in [6.45, 7) is 0.592.